The Morgan fingerprint density at radius 3 is 2.37 bits per heavy atom. The first-order chi connectivity index (χ1) is 13.1. The average Bonchev–Trinajstić information content (AvgIpc) is 2.66. The zero-order chi connectivity index (χ0) is 19.0. The van der Waals surface area contributed by atoms with Crippen LogP contribution in [0.4, 0.5) is 5.95 Å². The first kappa shape index (κ1) is 17.6. The standard InChI is InChI=1S/C22H21N3OS/c1-25-21(26)13-20(24-22(25)23)19-11-10-18(19)15-8-6-14(7-9-15)16-4-3-5-17(12-16)27-2/h3-13,18-19H,1-2H3,(H2,23,24). The molecule has 2 N–H and O–H groups in total. The maximum atomic E-state index is 12.0. The molecule has 4 nitrogen and oxygen atoms in total. The molecule has 0 amide bonds. The zero-order valence-corrected chi connectivity index (χ0v) is 16.1. The number of nitrogens with two attached hydrogens (primary N) is 1. The van der Waals surface area contributed by atoms with Gasteiger partial charge in [0.05, 0.1) is 5.69 Å². The number of thioether (sulfide) groups is 1. The number of anilines is 1. The predicted molar refractivity (Wildman–Crippen MR) is 112 cm³/mol. The molecule has 0 aliphatic heterocycles. The maximum Gasteiger partial charge on any atom is 0.254 e. The van der Waals surface area contributed by atoms with Crippen molar-refractivity contribution in [1.82, 2.24) is 9.55 Å². The molecule has 4 rings (SSSR count). The fraction of sp³-hybridized carbons (Fsp3) is 0.182. The lowest BCUT2D eigenvalue weighted by molar-refractivity contribution is 0.647. The van der Waals surface area contributed by atoms with E-state index in [0.717, 1.165) is 5.69 Å². The van der Waals surface area contributed by atoms with Crippen molar-refractivity contribution in [2.75, 3.05) is 12.0 Å². The van der Waals surface area contributed by atoms with Gasteiger partial charge in [-0.1, -0.05) is 48.6 Å². The summed E-state index contributed by atoms with van der Waals surface area (Å²) in [4.78, 5) is 17.7. The van der Waals surface area contributed by atoms with Crippen LogP contribution in [0.2, 0.25) is 0 Å². The SMILES string of the molecule is CSc1cccc(-c2ccc(C3C=CC3c3cc(=O)n(C)c(N)n3)cc2)c1. The molecule has 0 saturated carbocycles. The third-order valence-corrected chi connectivity index (χ3v) is 5.87. The molecule has 0 spiro atoms. The largest absolute Gasteiger partial charge is 0.369 e. The van der Waals surface area contributed by atoms with Crippen LogP contribution < -0.4 is 11.3 Å². The van der Waals surface area contributed by atoms with Gasteiger partial charge in [0.15, 0.2) is 0 Å². The van der Waals surface area contributed by atoms with Gasteiger partial charge in [-0.25, -0.2) is 4.98 Å². The molecule has 1 aliphatic carbocycles. The Bertz CT molecular complexity index is 1070. The second kappa shape index (κ2) is 7.08. The Hall–Kier alpha value is -2.79. The Balaban J connectivity index is 1.59. The van der Waals surface area contributed by atoms with Crippen LogP contribution in [0.25, 0.3) is 11.1 Å². The van der Waals surface area contributed by atoms with E-state index in [1.807, 2.05) is 0 Å². The number of nitrogen functional groups attached to an aromatic ring is 1. The first-order valence-corrected chi connectivity index (χ1v) is 10.1. The van der Waals surface area contributed by atoms with Gasteiger partial charge in [0.25, 0.3) is 5.56 Å². The summed E-state index contributed by atoms with van der Waals surface area (Å²) in [6, 6.07) is 18.8. The van der Waals surface area contributed by atoms with Gasteiger partial charge in [-0.15, -0.1) is 11.8 Å². The van der Waals surface area contributed by atoms with Gasteiger partial charge in [-0.05, 0) is 35.1 Å². The highest BCUT2D eigenvalue weighted by molar-refractivity contribution is 7.98. The minimum atomic E-state index is -0.124. The first-order valence-electron chi connectivity index (χ1n) is 8.83. The second-order valence-electron chi connectivity index (χ2n) is 6.73. The maximum absolute atomic E-state index is 12.0. The molecule has 1 heterocycles. The number of hydrogen-bond acceptors (Lipinski definition) is 4. The molecule has 2 atom stereocenters. The number of aromatic nitrogens is 2. The van der Waals surface area contributed by atoms with Gasteiger partial charge in [0, 0.05) is 29.8 Å². The molecule has 0 saturated heterocycles. The van der Waals surface area contributed by atoms with E-state index in [4.69, 9.17) is 5.73 Å². The molecular formula is C22H21N3OS. The summed E-state index contributed by atoms with van der Waals surface area (Å²) in [7, 11) is 1.63. The quantitative estimate of drug-likeness (QED) is 0.549. The topological polar surface area (TPSA) is 60.9 Å². The number of benzene rings is 2. The van der Waals surface area contributed by atoms with Gasteiger partial charge < -0.3 is 5.73 Å². The van der Waals surface area contributed by atoms with Crippen molar-refractivity contribution in [2.24, 2.45) is 7.05 Å². The van der Waals surface area contributed by atoms with Crippen LogP contribution in [0, 0.1) is 0 Å². The van der Waals surface area contributed by atoms with Crippen LogP contribution >= 0.6 is 11.8 Å². The highest BCUT2D eigenvalue weighted by atomic mass is 32.2. The molecule has 5 heteroatoms. The van der Waals surface area contributed by atoms with Crippen molar-refractivity contribution in [3.8, 4) is 11.1 Å². The summed E-state index contributed by atoms with van der Waals surface area (Å²) >= 11 is 1.75. The minimum Gasteiger partial charge on any atom is -0.369 e. The normalized spacial score (nSPS) is 18.3. The third-order valence-electron chi connectivity index (χ3n) is 5.14. The van der Waals surface area contributed by atoms with Gasteiger partial charge in [0.1, 0.15) is 0 Å². The predicted octanol–water partition coefficient (Wildman–Crippen LogP) is 4.19. The van der Waals surface area contributed by atoms with E-state index in [9.17, 15) is 4.79 Å². The van der Waals surface area contributed by atoms with Crippen molar-refractivity contribution in [3.05, 3.63) is 88.4 Å². The lowest BCUT2D eigenvalue weighted by Gasteiger charge is -2.29. The van der Waals surface area contributed by atoms with Crippen LogP contribution in [0.1, 0.15) is 23.1 Å². The Morgan fingerprint density at radius 2 is 1.74 bits per heavy atom. The number of hydrogen-bond donors (Lipinski definition) is 1. The Morgan fingerprint density at radius 1 is 1.00 bits per heavy atom. The summed E-state index contributed by atoms with van der Waals surface area (Å²) in [5.74, 6) is 0.558. The number of nitrogens with zero attached hydrogens (tertiary/aromatic N) is 2. The van der Waals surface area contributed by atoms with E-state index in [-0.39, 0.29) is 23.3 Å². The lowest BCUT2D eigenvalue weighted by atomic mass is 9.75. The van der Waals surface area contributed by atoms with Crippen molar-refractivity contribution in [3.63, 3.8) is 0 Å². The molecule has 3 aromatic rings. The molecule has 2 aromatic carbocycles. The van der Waals surface area contributed by atoms with Crippen LogP contribution in [0.5, 0.6) is 0 Å². The van der Waals surface area contributed by atoms with E-state index in [1.165, 1.54) is 26.2 Å². The smallest absolute Gasteiger partial charge is 0.254 e. The van der Waals surface area contributed by atoms with Crippen molar-refractivity contribution in [2.45, 2.75) is 16.7 Å². The molecule has 2 unspecified atom stereocenters. The average molecular weight is 375 g/mol. The third kappa shape index (κ3) is 3.30. The molecular weight excluding hydrogens is 354 g/mol. The van der Waals surface area contributed by atoms with Gasteiger partial charge in [-0.3, -0.25) is 9.36 Å². The van der Waals surface area contributed by atoms with Gasteiger partial charge >= 0.3 is 0 Å². The monoisotopic (exact) mass is 375 g/mol. The summed E-state index contributed by atoms with van der Waals surface area (Å²) in [5, 5.41) is 0. The number of rotatable bonds is 4. The van der Waals surface area contributed by atoms with E-state index < -0.39 is 0 Å². The summed E-state index contributed by atoms with van der Waals surface area (Å²) < 4.78 is 1.36. The van der Waals surface area contributed by atoms with Crippen LogP contribution in [0.3, 0.4) is 0 Å². The second-order valence-corrected chi connectivity index (χ2v) is 7.61. The molecule has 136 valence electrons. The van der Waals surface area contributed by atoms with Gasteiger partial charge in [-0.2, -0.15) is 0 Å². The Labute approximate surface area is 162 Å². The van der Waals surface area contributed by atoms with Crippen molar-refractivity contribution in [1.29, 1.82) is 0 Å². The minimum absolute atomic E-state index is 0.0897. The van der Waals surface area contributed by atoms with Crippen LogP contribution in [0.15, 0.2) is 76.4 Å². The van der Waals surface area contributed by atoms with E-state index in [2.05, 4.69) is 71.9 Å². The molecule has 1 aliphatic rings. The fourth-order valence-corrected chi connectivity index (χ4v) is 3.84. The van der Waals surface area contributed by atoms with Crippen molar-refractivity contribution < 1.29 is 0 Å². The highest BCUT2D eigenvalue weighted by Crippen LogP contribution is 2.42. The van der Waals surface area contributed by atoms with Gasteiger partial charge in [0.2, 0.25) is 5.95 Å². The van der Waals surface area contributed by atoms with E-state index >= 15 is 0 Å². The molecule has 0 radical (unpaired) electrons. The molecule has 27 heavy (non-hydrogen) atoms. The molecule has 1 aromatic heterocycles. The summed E-state index contributed by atoms with van der Waals surface area (Å²) in [6.07, 6.45) is 6.33. The highest BCUT2D eigenvalue weighted by Gasteiger charge is 2.29. The fourth-order valence-electron chi connectivity index (χ4n) is 3.38. The van der Waals surface area contributed by atoms with Crippen LogP contribution in [-0.4, -0.2) is 15.8 Å². The Kier molecular flexibility index (Phi) is 4.62. The molecule has 0 fully saturated rings. The molecule has 0 bridgehead atoms. The summed E-state index contributed by atoms with van der Waals surface area (Å²) in [6.45, 7) is 0. The zero-order valence-electron chi connectivity index (χ0n) is 15.3. The van der Waals surface area contributed by atoms with E-state index in [1.54, 1.807) is 24.9 Å². The van der Waals surface area contributed by atoms with Crippen LogP contribution in [-0.2, 0) is 7.05 Å². The summed E-state index contributed by atoms with van der Waals surface area (Å²) in [5.41, 5.74) is 10.1. The lowest BCUT2D eigenvalue weighted by Crippen LogP contribution is -2.25. The van der Waals surface area contributed by atoms with E-state index in [0.29, 0.717) is 0 Å². The number of allylic oxidation sites excluding steroid dienone is 2. The van der Waals surface area contributed by atoms with Crippen molar-refractivity contribution >= 4 is 17.7 Å².